The second kappa shape index (κ2) is 4.40. The van der Waals surface area contributed by atoms with Crippen LogP contribution >= 0.6 is 11.8 Å². The van der Waals surface area contributed by atoms with Gasteiger partial charge in [0, 0.05) is 5.75 Å². The number of rotatable bonds is 4. The number of nitrogens with zero attached hydrogens (tertiary/aromatic N) is 2. The van der Waals surface area contributed by atoms with Crippen LogP contribution < -0.4 is 0 Å². The zero-order valence-corrected chi connectivity index (χ0v) is 9.15. The van der Waals surface area contributed by atoms with E-state index in [1.165, 1.54) is 17.8 Å². The van der Waals surface area contributed by atoms with Crippen molar-refractivity contribution in [3.8, 4) is 0 Å². The maximum absolute atomic E-state index is 10.6. The number of carboxylic acid groups (broad SMARTS) is 1. The Balaban J connectivity index is 2.00. The number of carbonyl (C=O) groups is 1. The van der Waals surface area contributed by atoms with Crippen molar-refractivity contribution in [1.29, 1.82) is 0 Å². The van der Waals surface area contributed by atoms with E-state index in [0.29, 0.717) is 10.8 Å². The Bertz CT molecular complexity index is 505. The van der Waals surface area contributed by atoms with E-state index in [9.17, 15) is 4.79 Å². The van der Waals surface area contributed by atoms with Gasteiger partial charge >= 0.3 is 5.97 Å². The lowest BCUT2D eigenvalue weighted by atomic mass is 10.4. The second-order valence-electron chi connectivity index (χ2n) is 3.01. The van der Waals surface area contributed by atoms with E-state index in [1.54, 1.807) is 13.0 Å². The summed E-state index contributed by atoms with van der Waals surface area (Å²) in [6, 6.07) is 3.02. The van der Waals surface area contributed by atoms with Gasteiger partial charge in [0.05, 0.1) is 0 Å². The quantitative estimate of drug-likeness (QED) is 0.817. The monoisotopic (exact) mass is 240 g/mol. The molecule has 0 saturated heterocycles. The second-order valence-corrected chi connectivity index (χ2v) is 3.99. The zero-order valence-electron chi connectivity index (χ0n) is 8.34. The molecule has 2 heterocycles. The summed E-state index contributed by atoms with van der Waals surface area (Å²) in [6.07, 6.45) is 0. The molecule has 0 aromatic carbocycles. The molecule has 0 saturated carbocycles. The highest BCUT2D eigenvalue weighted by molar-refractivity contribution is 7.98. The molecule has 84 valence electrons. The Morgan fingerprint density at radius 3 is 2.88 bits per heavy atom. The third-order valence-corrected chi connectivity index (χ3v) is 2.81. The Labute approximate surface area is 94.6 Å². The molecule has 0 aliphatic carbocycles. The minimum absolute atomic E-state index is 0.0718. The predicted molar refractivity (Wildman–Crippen MR) is 54.3 cm³/mol. The van der Waals surface area contributed by atoms with E-state index < -0.39 is 5.97 Å². The average molecular weight is 240 g/mol. The number of thioether (sulfide) groups is 1. The van der Waals surface area contributed by atoms with Crippen molar-refractivity contribution < 1.29 is 18.9 Å². The zero-order chi connectivity index (χ0) is 11.5. The largest absolute Gasteiger partial charge is 0.475 e. The summed E-state index contributed by atoms with van der Waals surface area (Å²) < 4.78 is 9.61. The molecule has 0 radical (unpaired) electrons. The van der Waals surface area contributed by atoms with Crippen LogP contribution in [0.4, 0.5) is 0 Å². The molecule has 0 atom stereocenters. The standard InChI is InChI=1S/C9H8N2O4S/c1-5-6(11-15-10-5)4-16-8-3-2-7(14-8)9(12)13/h2-3H,4H2,1H3,(H,12,13). The van der Waals surface area contributed by atoms with Gasteiger partial charge in [0.25, 0.3) is 0 Å². The van der Waals surface area contributed by atoms with Crippen LogP contribution in [0.1, 0.15) is 21.9 Å². The SMILES string of the molecule is Cc1nonc1CSc1ccc(C(=O)O)o1. The summed E-state index contributed by atoms with van der Waals surface area (Å²) in [4.78, 5) is 10.6. The summed E-state index contributed by atoms with van der Waals surface area (Å²) in [5, 5.41) is 16.5. The number of hydrogen-bond acceptors (Lipinski definition) is 6. The molecule has 6 nitrogen and oxygen atoms in total. The summed E-state index contributed by atoms with van der Waals surface area (Å²) in [5.41, 5.74) is 1.44. The summed E-state index contributed by atoms with van der Waals surface area (Å²) in [5.74, 6) is -0.620. The number of aromatic carboxylic acids is 1. The summed E-state index contributed by atoms with van der Waals surface area (Å²) >= 11 is 1.34. The lowest BCUT2D eigenvalue weighted by Crippen LogP contribution is -1.91. The maximum atomic E-state index is 10.6. The van der Waals surface area contributed by atoms with Crippen molar-refractivity contribution in [1.82, 2.24) is 10.3 Å². The van der Waals surface area contributed by atoms with Gasteiger partial charge in [-0.1, -0.05) is 22.1 Å². The van der Waals surface area contributed by atoms with Gasteiger partial charge in [-0.25, -0.2) is 9.42 Å². The summed E-state index contributed by atoms with van der Waals surface area (Å²) in [7, 11) is 0. The molecule has 0 amide bonds. The molecule has 16 heavy (non-hydrogen) atoms. The molecule has 0 aliphatic rings. The minimum Gasteiger partial charge on any atom is -0.475 e. The van der Waals surface area contributed by atoms with Crippen LogP contribution in [-0.4, -0.2) is 21.4 Å². The van der Waals surface area contributed by atoms with Crippen LogP contribution in [0.15, 0.2) is 26.3 Å². The highest BCUT2D eigenvalue weighted by Crippen LogP contribution is 2.24. The fraction of sp³-hybridized carbons (Fsp3) is 0.222. The number of aromatic nitrogens is 2. The molecule has 0 bridgehead atoms. The predicted octanol–water partition coefficient (Wildman–Crippen LogP) is 1.96. The van der Waals surface area contributed by atoms with Crippen molar-refractivity contribution in [2.75, 3.05) is 0 Å². The number of aryl methyl sites for hydroxylation is 1. The lowest BCUT2D eigenvalue weighted by Gasteiger charge is -1.93. The van der Waals surface area contributed by atoms with E-state index in [2.05, 4.69) is 14.9 Å². The molecule has 1 N–H and O–H groups in total. The van der Waals surface area contributed by atoms with Gasteiger partial charge in [0.15, 0.2) is 5.09 Å². The van der Waals surface area contributed by atoms with Crippen molar-refractivity contribution in [3.63, 3.8) is 0 Å². The van der Waals surface area contributed by atoms with E-state index >= 15 is 0 Å². The van der Waals surface area contributed by atoms with Crippen LogP contribution in [0, 0.1) is 6.92 Å². The number of hydrogen-bond donors (Lipinski definition) is 1. The van der Waals surface area contributed by atoms with Crippen LogP contribution in [-0.2, 0) is 5.75 Å². The van der Waals surface area contributed by atoms with Crippen LogP contribution in [0.2, 0.25) is 0 Å². The highest BCUT2D eigenvalue weighted by Gasteiger charge is 2.11. The van der Waals surface area contributed by atoms with Gasteiger partial charge in [-0.3, -0.25) is 0 Å². The fourth-order valence-corrected chi connectivity index (χ4v) is 1.89. The lowest BCUT2D eigenvalue weighted by molar-refractivity contribution is 0.0656. The normalized spacial score (nSPS) is 10.6. The molecular weight excluding hydrogens is 232 g/mol. The minimum atomic E-state index is -1.08. The van der Waals surface area contributed by atoms with Crippen LogP contribution in [0.5, 0.6) is 0 Å². The van der Waals surface area contributed by atoms with Crippen LogP contribution in [0.3, 0.4) is 0 Å². The first-order valence-corrected chi connectivity index (χ1v) is 5.39. The molecule has 7 heteroatoms. The molecule has 0 aliphatic heterocycles. The van der Waals surface area contributed by atoms with E-state index in [0.717, 1.165) is 11.4 Å². The van der Waals surface area contributed by atoms with Crippen molar-refractivity contribution in [2.24, 2.45) is 0 Å². The van der Waals surface area contributed by atoms with Gasteiger partial charge in [-0.2, -0.15) is 0 Å². The molecule has 2 aromatic heterocycles. The van der Waals surface area contributed by atoms with E-state index in [1.807, 2.05) is 0 Å². The van der Waals surface area contributed by atoms with Gasteiger partial charge in [0.1, 0.15) is 11.4 Å². The molecule has 0 spiro atoms. The number of furan rings is 1. The Hall–Kier alpha value is -1.76. The fourth-order valence-electron chi connectivity index (χ4n) is 1.03. The van der Waals surface area contributed by atoms with Gasteiger partial charge in [0.2, 0.25) is 5.76 Å². The Kier molecular flexibility index (Phi) is 2.95. The Morgan fingerprint density at radius 1 is 1.50 bits per heavy atom. The molecule has 2 aromatic rings. The van der Waals surface area contributed by atoms with E-state index in [-0.39, 0.29) is 5.76 Å². The van der Waals surface area contributed by atoms with Gasteiger partial charge in [-0.05, 0) is 19.1 Å². The maximum Gasteiger partial charge on any atom is 0.371 e. The van der Waals surface area contributed by atoms with E-state index in [4.69, 9.17) is 9.52 Å². The van der Waals surface area contributed by atoms with Gasteiger partial charge in [-0.15, -0.1) is 0 Å². The highest BCUT2D eigenvalue weighted by atomic mass is 32.2. The van der Waals surface area contributed by atoms with Gasteiger partial charge < -0.3 is 9.52 Å². The first-order valence-electron chi connectivity index (χ1n) is 4.41. The van der Waals surface area contributed by atoms with Crippen molar-refractivity contribution >= 4 is 17.7 Å². The average Bonchev–Trinajstić information content (AvgIpc) is 2.83. The van der Waals surface area contributed by atoms with Crippen molar-refractivity contribution in [3.05, 3.63) is 29.3 Å². The third-order valence-electron chi connectivity index (χ3n) is 1.89. The van der Waals surface area contributed by atoms with Crippen molar-refractivity contribution in [2.45, 2.75) is 17.8 Å². The molecule has 2 rings (SSSR count). The molecule has 0 unspecified atom stereocenters. The molecule has 0 fully saturated rings. The summed E-state index contributed by atoms with van der Waals surface area (Å²) in [6.45, 7) is 1.79. The van der Waals surface area contributed by atoms with Crippen LogP contribution in [0.25, 0.3) is 0 Å². The Morgan fingerprint density at radius 2 is 2.31 bits per heavy atom. The molecular formula is C9H8N2O4S. The first kappa shape index (κ1) is 10.7. The topological polar surface area (TPSA) is 89.4 Å². The first-order chi connectivity index (χ1) is 7.66. The third kappa shape index (κ3) is 2.25. The smallest absolute Gasteiger partial charge is 0.371 e. The number of carboxylic acids is 1.